The van der Waals surface area contributed by atoms with Crippen molar-refractivity contribution in [3.8, 4) is 22.9 Å². The van der Waals surface area contributed by atoms with E-state index in [4.69, 9.17) is 14.0 Å². The van der Waals surface area contributed by atoms with Crippen molar-refractivity contribution in [1.82, 2.24) is 15.0 Å². The van der Waals surface area contributed by atoms with Crippen LogP contribution >= 0.6 is 0 Å². The zero-order valence-electron chi connectivity index (χ0n) is 15.5. The van der Waals surface area contributed by atoms with Crippen molar-refractivity contribution in [2.75, 3.05) is 13.3 Å². The topological polar surface area (TPSA) is 80.9 Å². The number of hydrogen-bond acceptors (Lipinski definition) is 7. The lowest BCUT2D eigenvalue weighted by Crippen LogP contribution is -2.24. The Morgan fingerprint density at radius 1 is 1.11 bits per heavy atom. The molecule has 1 fully saturated rings. The van der Waals surface area contributed by atoms with E-state index >= 15 is 0 Å². The summed E-state index contributed by atoms with van der Waals surface area (Å²) in [5.41, 5.74) is 3.23. The number of likely N-dealkylation sites (tertiary alicyclic amines) is 1. The van der Waals surface area contributed by atoms with Crippen LogP contribution in [-0.4, -0.2) is 39.6 Å². The molecule has 3 aromatic rings. The summed E-state index contributed by atoms with van der Waals surface area (Å²) in [7, 11) is 0. The summed E-state index contributed by atoms with van der Waals surface area (Å²) in [6.07, 6.45) is 0.172. The Bertz CT molecular complexity index is 986. The molecule has 2 aliphatic heterocycles. The summed E-state index contributed by atoms with van der Waals surface area (Å²) in [6.45, 7) is 3.61. The van der Waals surface area contributed by atoms with Crippen LogP contribution in [0.15, 0.2) is 47.0 Å². The van der Waals surface area contributed by atoms with Crippen molar-refractivity contribution in [1.29, 1.82) is 0 Å². The molecule has 0 bridgehead atoms. The Kier molecular flexibility index (Phi) is 4.26. The fourth-order valence-corrected chi connectivity index (χ4v) is 3.76. The fourth-order valence-electron chi connectivity index (χ4n) is 3.76. The molecule has 5 rings (SSSR count). The Morgan fingerprint density at radius 2 is 1.93 bits per heavy atom. The Balaban J connectivity index is 1.38. The van der Waals surface area contributed by atoms with Crippen LogP contribution in [0, 0.1) is 6.92 Å². The molecule has 2 unspecified atom stereocenters. The number of benzene rings is 2. The molecule has 0 radical (unpaired) electrons. The van der Waals surface area contributed by atoms with Crippen molar-refractivity contribution in [2.45, 2.75) is 32.0 Å². The normalized spacial score (nSPS) is 21.4. The standard InChI is InChI=1S/C21H21N3O4/c1-13-2-4-14(5-3-13)10-24-11-16(25)9-17(24)21-22-20(23-28-21)15-6-7-18-19(8-15)27-12-26-18/h2-8,16-17,25H,9-12H2,1H3. The molecule has 2 aliphatic rings. The molecule has 0 aliphatic carbocycles. The number of aliphatic hydroxyl groups is 1. The summed E-state index contributed by atoms with van der Waals surface area (Å²) in [5, 5.41) is 14.4. The minimum absolute atomic E-state index is 0.105. The van der Waals surface area contributed by atoms with Gasteiger partial charge in [0.15, 0.2) is 11.5 Å². The first-order valence-corrected chi connectivity index (χ1v) is 9.37. The maximum absolute atomic E-state index is 10.2. The molecule has 2 aromatic carbocycles. The molecule has 28 heavy (non-hydrogen) atoms. The van der Waals surface area contributed by atoms with Gasteiger partial charge in [-0.2, -0.15) is 4.98 Å². The summed E-state index contributed by atoms with van der Waals surface area (Å²) in [4.78, 5) is 6.79. The second-order valence-electron chi connectivity index (χ2n) is 7.34. The molecule has 0 amide bonds. The van der Waals surface area contributed by atoms with Crippen LogP contribution in [0.1, 0.15) is 29.5 Å². The molecule has 1 aromatic heterocycles. The van der Waals surface area contributed by atoms with Crippen LogP contribution in [0.2, 0.25) is 0 Å². The lowest BCUT2D eigenvalue weighted by Gasteiger charge is -2.21. The molecule has 2 atom stereocenters. The lowest BCUT2D eigenvalue weighted by atomic mass is 10.1. The predicted molar refractivity (Wildman–Crippen MR) is 101 cm³/mol. The van der Waals surface area contributed by atoms with Gasteiger partial charge in [-0.15, -0.1) is 0 Å². The van der Waals surface area contributed by atoms with Crippen molar-refractivity contribution >= 4 is 0 Å². The van der Waals surface area contributed by atoms with E-state index < -0.39 is 6.10 Å². The number of aromatic nitrogens is 2. The Morgan fingerprint density at radius 3 is 2.79 bits per heavy atom. The largest absolute Gasteiger partial charge is 0.454 e. The van der Waals surface area contributed by atoms with Gasteiger partial charge in [0, 0.05) is 18.7 Å². The number of hydrogen-bond donors (Lipinski definition) is 1. The van der Waals surface area contributed by atoms with E-state index in [2.05, 4.69) is 46.2 Å². The molecule has 7 nitrogen and oxygen atoms in total. The van der Waals surface area contributed by atoms with Crippen molar-refractivity contribution in [3.63, 3.8) is 0 Å². The van der Waals surface area contributed by atoms with E-state index in [1.165, 1.54) is 11.1 Å². The Labute approximate surface area is 162 Å². The quantitative estimate of drug-likeness (QED) is 0.746. The van der Waals surface area contributed by atoms with Crippen molar-refractivity contribution in [3.05, 3.63) is 59.5 Å². The van der Waals surface area contributed by atoms with Gasteiger partial charge >= 0.3 is 0 Å². The monoisotopic (exact) mass is 379 g/mol. The molecule has 3 heterocycles. The van der Waals surface area contributed by atoms with Gasteiger partial charge in [-0.3, -0.25) is 4.90 Å². The van der Waals surface area contributed by atoms with E-state index in [1.807, 2.05) is 18.2 Å². The van der Waals surface area contributed by atoms with E-state index in [1.54, 1.807) is 0 Å². The maximum atomic E-state index is 10.2. The number of aliphatic hydroxyl groups excluding tert-OH is 1. The summed E-state index contributed by atoms with van der Waals surface area (Å²) < 4.78 is 16.3. The molecule has 1 N–H and O–H groups in total. The first-order valence-electron chi connectivity index (χ1n) is 9.37. The van der Waals surface area contributed by atoms with E-state index in [9.17, 15) is 5.11 Å². The first kappa shape index (κ1) is 17.2. The fraction of sp³-hybridized carbons (Fsp3) is 0.333. The third-order valence-corrected chi connectivity index (χ3v) is 5.25. The summed E-state index contributed by atoms with van der Waals surface area (Å²) in [6, 6.07) is 13.9. The summed E-state index contributed by atoms with van der Waals surface area (Å²) >= 11 is 0. The second kappa shape index (κ2) is 6.92. The van der Waals surface area contributed by atoms with Gasteiger partial charge in [0.1, 0.15) is 0 Å². The van der Waals surface area contributed by atoms with E-state index in [0.29, 0.717) is 30.4 Å². The molecular formula is C21H21N3O4. The molecule has 7 heteroatoms. The summed E-state index contributed by atoms with van der Waals surface area (Å²) in [5.74, 6) is 2.43. The van der Waals surface area contributed by atoms with Crippen LogP contribution in [-0.2, 0) is 6.54 Å². The van der Waals surface area contributed by atoms with Gasteiger partial charge in [-0.25, -0.2) is 0 Å². The average molecular weight is 379 g/mol. The van der Waals surface area contributed by atoms with E-state index in [0.717, 1.165) is 17.9 Å². The molecule has 1 saturated heterocycles. The SMILES string of the molecule is Cc1ccc(CN2CC(O)CC2c2nc(-c3ccc4c(c3)OCO4)no2)cc1. The van der Waals surface area contributed by atoms with Crippen LogP contribution in [0.3, 0.4) is 0 Å². The zero-order chi connectivity index (χ0) is 19.1. The molecular weight excluding hydrogens is 358 g/mol. The number of rotatable bonds is 4. The minimum Gasteiger partial charge on any atom is -0.454 e. The third-order valence-electron chi connectivity index (χ3n) is 5.25. The third kappa shape index (κ3) is 3.23. The zero-order valence-corrected chi connectivity index (χ0v) is 15.5. The second-order valence-corrected chi connectivity index (χ2v) is 7.34. The number of aryl methyl sites for hydroxylation is 1. The van der Waals surface area contributed by atoms with Crippen LogP contribution in [0.5, 0.6) is 11.5 Å². The molecule has 0 saturated carbocycles. The number of β-amino-alcohol motifs (C(OH)–C–C–N with tert-alkyl or cyclic N) is 1. The van der Waals surface area contributed by atoms with Gasteiger partial charge in [0.05, 0.1) is 12.1 Å². The van der Waals surface area contributed by atoms with Gasteiger partial charge in [0.25, 0.3) is 0 Å². The number of fused-ring (bicyclic) bond motifs is 1. The number of ether oxygens (including phenoxy) is 2. The van der Waals surface area contributed by atoms with Gasteiger partial charge in [-0.05, 0) is 37.1 Å². The number of nitrogens with zero attached hydrogens (tertiary/aromatic N) is 3. The Hall–Kier alpha value is -2.90. The average Bonchev–Trinajstić information content (AvgIpc) is 3.42. The highest BCUT2D eigenvalue weighted by molar-refractivity contribution is 5.61. The highest BCUT2D eigenvalue weighted by Crippen LogP contribution is 2.37. The van der Waals surface area contributed by atoms with Gasteiger partial charge in [0.2, 0.25) is 18.5 Å². The van der Waals surface area contributed by atoms with Crippen molar-refractivity contribution in [2.24, 2.45) is 0 Å². The smallest absolute Gasteiger partial charge is 0.244 e. The van der Waals surface area contributed by atoms with Crippen LogP contribution < -0.4 is 9.47 Å². The predicted octanol–water partition coefficient (Wildman–Crippen LogP) is 3.08. The van der Waals surface area contributed by atoms with Crippen LogP contribution in [0.25, 0.3) is 11.4 Å². The van der Waals surface area contributed by atoms with Crippen LogP contribution in [0.4, 0.5) is 0 Å². The highest BCUT2D eigenvalue weighted by Gasteiger charge is 2.36. The first-order chi connectivity index (χ1) is 13.7. The van der Waals surface area contributed by atoms with E-state index in [-0.39, 0.29) is 12.8 Å². The van der Waals surface area contributed by atoms with Crippen molar-refractivity contribution < 1.29 is 19.1 Å². The molecule has 0 spiro atoms. The minimum atomic E-state index is -0.406. The van der Waals surface area contributed by atoms with Gasteiger partial charge < -0.3 is 19.1 Å². The lowest BCUT2D eigenvalue weighted by molar-refractivity contribution is 0.169. The molecule has 144 valence electrons. The van der Waals surface area contributed by atoms with Gasteiger partial charge in [-0.1, -0.05) is 35.0 Å². The maximum Gasteiger partial charge on any atom is 0.244 e. The highest BCUT2D eigenvalue weighted by atomic mass is 16.7.